The highest BCUT2D eigenvalue weighted by molar-refractivity contribution is 7.18. The van der Waals surface area contributed by atoms with Gasteiger partial charge in [-0.1, -0.05) is 13.0 Å². The maximum atomic E-state index is 14.6. The number of carbonyl (C=O) groups is 1. The van der Waals surface area contributed by atoms with E-state index in [1.165, 1.54) is 31.6 Å². The topological polar surface area (TPSA) is 88.6 Å². The maximum absolute atomic E-state index is 14.6. The molecule has 0 spiro atoms. The molecule has 2 aromatic carbocycles. The number of rotatable bonds is 6. The normalized spacial score (nSPS) is 19.5. The summed E-state index contributed by atoms with van der Waals surface area (Å²) in [4.78, 5) is 16.9. The first-order valence-corrected chi connectivity index (χ1v) is 12.3. The van der Waals surface area contributed by atoms with Crippen molar-refractivity contribution in [3.05, 3.63) is 58.7 Å². The Kier molecular flexibility index (Phi) is 7.10. The zero-order chi connectivity index (χ0) is 25.3. The van der Waals surface area contributed by atoms with Crippen molar-refractivity contribution in [2.45, 2.75) is 44.8 Å². The van der Waals surface area contributed by atoms with E-state index in [0.717, 1.165) is 28.8 Å². The summed E-state index contributed by atoms with van der Waals surface area (Å²) in [5.74, 6) is 0.0132. The van der Waals surface area contributed by atoms with Gasteiger partial charge in [-0.2, -0.15) is 5.26 Å². The van der Waals surface area contributed by atoms with Crippen LogP contribution in [-0.2, 0) is 0 Å². The molecule has 8 heteroatoms. The van der Waals surface area contributed by atoms with Crippen LogP contribution in [0.2, 0.25) is 0 Å². The highest BCUT2D eigenvalue weighted by Gasteiger charge is 2.39. The monoisotopic (exact) mass is 493 g/mol. The second-order valence-electron chi connectivity index (χ2n) is 8.64. The number of thiophene rings is 1. The molecule has 3 atom stereocenters. The molecule has 6 nitrogen and oxygen atoms in total. The molecule has 0 bridgehead atoms. The number of benzene rings is 2. The highest BCUT2D eigenvalue weighted by Crippen LogP contribution is 2.43. The van der Waals surface area contributed by atoms with E-state index in [0.29, 0.717) is 21.8 Å². The Morgan fingerprint density at radius 1 is 1.17 bits per heavy atom. The first-order valence-electron chi connectivity index (χ1n) is 11.5. The molecule has 1 aliphatic rings. The quantitative estimate of drug-likeness (QED) is 0.493. The number of nitriles is 1. The Hall–Kier alpha value is -3.41. The Morgan fingerprint density at radius 3 is 2.51 bits per heavy atom. The number of amides is 1. The van der Waals surface area contributed by atoms with Crippen LogP contribution in [0.3, 0.4) is 0 Å². The summed E-state index contributed by atoms with van der Waals surface area (Å²) in [6, 6.07) is 13.9. The van der Waals surface area contributed by atoms with Gasteiger partial charge in [0.05, 0.1) is 24.7 Å². The zero-order valence-corrected chi connectivity index (χ0v) is 21.0. The first kappa shape index (κ1) is 24.7. The highest BCUT2D eigenvalue weighted by atomic mass is 32.1. The van der Waals surface area contributed by atoms with Crippen molar-refractivity contribution in [2.24, 2.45) is 5.73 Å². The minimum Gasteiger partial charge on any atom is -0.495 e. The van der Waals surface area contributed by atoms with Crippen molar-refractivity contribution < 1.29 is 18.7 Å². The minimum atomic E-state index is -0.486. The largest absolute Gasteiger partial charge is 0.495 e. The van der Waals surface area contributed by atoms with Gasteiger partial charge in [0.2, 0.25) is 0 Å². The van der Waals surface area contributed by atoms with Gasteiger partial charge in [-0.3, -0.25) is 4.79 Å². The summed E-state index contributed by atoms with van der Waals surface area (Å²) in [6.07, 6.45) is 1.59. The summed E-state index contributed by atoms with van der Waals surface area (Å²) in [5.41, 5.74) is 8.85. The fourth-order valence-electron chi connectivity index (χ4n) is 4.69. The third-order valence-electron chi connectivity index (χ3n) is 6.69. The van der Waals surface area contributed by atoms with Crippen LogP contribution in [0.4, 0.5) is 4.39 Å². The van der Waals surface area contributed by atoms with Crippen LogP contribution < -0.4 is 15.2 Å². The summed E-state index contributed by atoms with van der Waals surface area (Å²) in [7, 11) is 2.92. The van der Waals surface area contributed by atoms with E-state index in [1.54, 1.807) is 24.3 Å². The SMILES string of the molecule is CCC1CC(N)C(C)N1C(=O)c1cc(-c2ccc(C#N)c(OC)c2)c(-c2ccc(OC)c(F)c2)s1. The van der Waals surface area contributed by atoms with E-state index in [1.807, 2.05) is 24.0 Å². The molecule has 1 saturated heterocycles. The van der Waals surface area contributed by atoms with Gasteiger partial charge in [-0.15, -0.1) is 11.3 Å². The number of hydrogen-bond donors (Lipinski definition) is 1. The van der Waals surface area contributed by atoms with Crippen molar-refractivity contribution in [1.82, 2.24) is 4.90 Å². The van der Waals surface area contributed by atoms with Gasteiger partial charge in [0.1, 0.15) is 11.8 Å². The number of nitrogens with zero attached hydrogens (tertiary/aromatic N) is 2. The summed E-state index contributed by atoms with van der Waals surface area (Å²) in [5, 5.41) is 9.37. The predicted octanol–water partition coefficient (Wildman–Crippen LogP) is 5.45. The van der Waals surface area contributed by atoms with Crippen molar-refractivity contribution in [3.63, 3.8) is 0 Å². The Bertz CT molecular complexity index is 1300. The predicted molar refractivity (Wildman–Crippen MR) is 135 cm³/mol. The van der Waals surface area contributed by atoms with Crippen LogP contribution in [0.5, 0.6) is 11.5 Å². The van der Waals surface area contributed by atoms with Gasteiger partial charge in [0.15, 0.2) is 11.6 Å². The molecule has 3 aromatic rings. The lowest BCUT2D eigenvalue weighted by Crippen LogP contribution is -2.42. The molecule has 1 amide bonds. The number of likely N-dealkylation sites (tertiary alicyclic amines) is 1. The molecule has 35 heavy (non-hydrogen) atoms. The van der Waals surface area contributed by atoms with Gasteiger partial charge in [0.25, 0.3) is 5.91 Å². The molecule has 1 aliphatic heterocycles. The molecular weight excluding hydrogens is 465 g/mol. The number of methoxy groups -OCH3 is 2. The van der Waals surface area contributed by atoms with Gasteiger partial charge in [0, 0.05) is 28.6 Å². The third-order valence-corrected chi connectivity index (χ3v) is 7.86. The zero-order valence-electron chi connectivity index (χ0n) is 20.2. The second-order valence-corrected chi connectivity index (χ2v) is 9.70. The van der Waals surface area contributed by atoms with Crippen LogP contribution in [0.15, 0.2) is 42.5 Å². The number of halogens is 1. The molecule has 2 N–H and O–H groups in total. The van der Waals surface area contributed by atoms with Crippen molar-refractivity contribution in [3.8, 4) is 39.1 Å². The average Bonchev–Trinajstić information content (AvgIpc) is 3.44. The van der Waals surface area contributed by atoms with E-state index in [4.69, 9.17) is 15.2 Å². The Labute approximate surface area is 208 Å². The first-order chi connectivity index (χ1) is 16.8. The van der Waals surface area contributed by atoms with Gasteiger partial charge in [-0.05, 0) is 67.3 Å². The van der Waals surface area contributed by atoms with Crippen LogP contribution in [0, 0.1) is 17.1 Å². The molecule has 182 valence electrons. The fourth-order valence-corrected chi connectivity index (χ4v) is 5.81. The lowest BCUT2D eigenvalue weighted by Gasteiger charge is -2.28. The molecule has 1 aromatic heterocycles. The van der Waals surface area contributed by atoms with E-state index < -0.39 is 5.82 Å². The minimum absolute atomic E-state index is 0.0683. The van der Waals surface area contributed by atoms with Crippen LogP contribution in [0.1, 0.15) is 41.9 Å². The number of hydrogen-bond acceptors (Lipinski definition) is 6. The fraction of sp³-hybridized carbons (Fsp3) is 0.333. The van der Waals surface area contributed by atoms with E-state index in [2.05, 4.69) is 13.0 Å². The Balaban J connectivity index is 1.86. The molecule has 3 unspecified atom stereocenters. The van der Waals surface area contributed by atoms with Crippen LogP contribution >= 0.6 is 11.3 Å². The second kappa shape index (κ2) is 10.1. The molecule has 4 rings (SSSR count). The molecule has 1 fully saturated rings. The van der Waals surface area contributed by atoms with E-state index in [-0.39, 0.29) is 29.8 Å². The number of nitrogens with two attached hydrogens (primary N) is 1. The third kappa shape index (κ3) is 4.49. The van der Waals surface area contributed by atoms with Gasteiger partial charge in [-0.25, -0.2) is 4.39 Å². The number of carbonyl (C=O) groups excluding carboxylic acids is 1. The lowest BCUT2D eigenvalue weighted by molar-refractivity contribution is 0.0677. The summed E-state index contributed by atoms with van der Waals surface area (Å²) < 4.78 is 25.1. The van der Waals surface area contributed by atoms with Crippen LogP contribution in [-0.4, -0.2) is 43.2 Å². The van der Waals surface area contributed by atoms with E-state index in [9.17, 15) is 14.4 Å². The lowest BCUT2D eigenvalue weighted by atomic mass is 10.00. The molecular formula is C27H28FN3O3S. The molecule has 0 saturated carbocycles. The maximum Gasteiger partial charge on any atom is 0.264 e. The molecule has 0 aliphatic carbocycles. The van der Waals surface area contributed by atoms with Crippen molar-refractivity contribution in [1.29, 1.82) is 5.26 Å². The number of ether oxygens (including phenoxy) is 2. The van der Waals surface area contributed by atoms with E-state index >= 15 is 0 Å². The summed E-state index contributed by atoms with van der Waals surface area (Å²) in [6.45, 7) is 4.04. The molecule has 2 heterocycles. The summed E-state index contributed by atoms with van der Waals surface area (Å²) >= 11 is 1.32. The van der Waals surface area contributed by atoms with Gasteiger partial charge >= 0.3 is 0 Å². The van der Waals surface area contributed by atoms with Crippen molar-refractivity contribution >= 4 is 17.2 Å². The Morgan fingerprint density at radius 2 is 1.89 bits per heavy atom. The molecule has 0 radical (unpaired) electrons. The van der Waals surface area contributed by atoms with Crippen LogP contribution in [0.25, 0.3) is 21.6 Å². The van der Waals surface area contributed by atoms with Gasteiger partial charge < -0.3 is 20.1 Å². The smallest absolute Gasteiger partial charge is 0.264 e. The standard InChI is InChI=1S/C27H28FN3O3S/c1-5-19-12-22(30)15(2)31(19)27(32)25-13-20(16-6-7-18(14-29)24(11-16)34-4)26(35-25)17-8-9-23(33-3)21(28)10-17/h6-11,13,15,19,22H,5,12,30H2,1-4H3. The average molecular weight is 494 g/mol. The van der Waals surface area contributed by atoms with Crippen molar-refractivity contribution in [2.75, 3.05) is 14.2 Å².